The monoisotopic (exact) mass is 280 g/mol. The fraction of sp³-hybridized carbons (Fsp3) is 0.571. The van der Waals surface area contributed by atoms with Crippen molar-refractivity contribution in [3.05, 3.63) is 29.3 Å². The van der Waals surface area contributed by atoms with Crippen LogP contribution >= 0.6 is 0 Å². The molecule has 1 aromatic carbocycles. The molecule has 2 aliphatic heterocycles. The van der Waals surface area contributed by atoms with Crippen molar-refractivity contribution in [3.63, 3.8) is 0 Å². The van der Waals surface area contributed by atoms with Gasteiger partial charge in [0.1, 0.15) is 0 Å². The number of rotatable bonds is 1. The van der Waals surface area contributed by atoms with E-state index in [2.05, 4.69) is 24.9 Å². The van der Waals surface area contributed by atoms with Crippen molar-refractivity contribution in [2.75, 3.05) is 30.7 Å². The summed E-state index contributed by atoms with van der Waals surface area (Å²) in [5.74, 6) is 0.309. The lowest BCUT2D eigenvalue weighted by Gasteiger charge is -2.36. The number of anilines is 1. The molecular formula is C14H20N2O2S. The molecule has 19 heavy (non-hydrogen) atoms. The van der Waals surface area contributed by atoms with Crippen LogP contribution in [0.5, 0.6) is 0 Å². The molecule has 1 fully saturated rings. The van der Waals surface area contributed by atoms with E-state index < -0.39 is 10.0 Å². The molecule has 0 spiro atoms. The summed E-state index contributed by atoms with van der Waals surface area (Å²) in [6, 6.07) is 6.21. The molecule has 2 atom stereocenters. The normalized spacial score (nSPS) is 27.2. The molecule has 2 aliphatic rings. The lowest BCUT2D eigenvalue weighted by molar-refractivity contribution is 0.237. The van der Waals surface area contributed by atoms with Gasteiger partial charge < -0.3 is 4.90 Å². The van der Waals surface area contributed by atoms with Crippen molar-refractivity contribution in [1.82, 2.24) is 4.90 Å². The van der Waals surface area contributed by atoms with Gasteiger partial charge in [-0.25, -0.2) is 8.42 Å². The minimum Gasteiger partial charge on any atom is -0.306 e. The fourth-order valence-electron chi connectivity index (χ4n) is 3.46. The van der Waals surface area contributed by atoms with Crippen LogP contribution in [-0.2, 0) is 10.0 Å². The maximum atomic E-state index is 12.1. The predicted molar refractivity (Wildman–Crippen MR) is 77.1 cm³/mol. The summed E-state index contributed by atoms with van der Waals surface area (Å²) in [4.78, 5) is 2.29. The lowest BCUT2D eigenvalue weighted by atomic mass is 9.89. The maximum Gasteiger partial charge on any atom is 0.232 e. The van der Waals surface area contributed by atoms with Gasteiger partial charge in [0.05, 0.1) is 18.0 Å². The number of fused-ring (bicyclic) bond motifs is 3. The second kappa shape index (κ2) is 4.21. The number of piperidine rings is 1. The topological polar surface area (TPSA) is 40.6 Å². The molecule has 0 bridgehead atoms. The smallest absolute Gasteiger partial charge is 0.232 e. The van der Waals surface area contributed by atoms with Gasteiger partial charge in [0.15, 0.2) is 0 Å². The number of sulfonamides is 1. The Morgan fingerprint density at radius 2 is 2.05 bits per heavy atom. The molecule has 0 aromatic heterocycles. The molecule has 5 heteroatoms. The van der Waals surface area contributed by atoms with Gasteiger partial charge in [-0.05, 0) is 38.6 Å². The quantitative estimate of drug-likeness (QED) is 0.784. The number of likely N-dealkylation sites (tertiary alicyclic amines) is 1. The highest BCUT2D eigenvalue weighted by molar-refractivity contribution is 7.92. The highest BCUT2D eigenvalue weighted by Crippen LogP contribution is 2.45. The molecule has 1 aromatic rings. The van der Waals surface area contributed by atoms with E-state index in [4.69, 9.17) is 0 Å². The molecule has 0 radical (unpaired) electrons. The summed E-state index contributed by atoms with van der Waals surface area (Å²) in [5.41, 5.74) is 3.28. The Hall–Kier alpha value is -1.07. The summed E-state index contributed by atoms with van der Waals surface area (Å²) < 4.78 is 25.9. The molecule has 0 amide bonds. The van der Waals surface area contributed by atoms with Gasteiger partial charge in [0, 0.05) is 12.5 Å². The van der Waals surface area contributed by atoms with E-state index in [1.165, 1.54) is 17.4 Å². The Balaban J connectivity index is 2.15. The second-order valence-electron chi connectivity index (χ2n) is 5.85. The Bertz CT molecular complexity index is 612. The van der Waals surface area contributed by atoms with E-state index >= 15 is 0 Å². The van der Waals surface area contributed by atoms with Crippen LogP contribution in [0.3, 0.4) is 0 Å². The van der Waals surface area contributed by atoms with Gasteiger partial charge >= 0.3 is 0 Å². The van der Waals surface area contributed by atoms with Gasteiger partial charge in [-0.2, -0.15) is 0 Å². The SMILES string of the molecule is Cc1ccc2c(c1)[C@@H]1CN(C)CC[C@H]1N2S(C)(=O)=O. The van der Waals surface area contributed by atoms with Crippen LogP contribution in [0, 0.1) is 6.92 Å². The number of likely N-dealkylation sites (N-methyl/N-ethyl adjacent to an activating group) is 1. The van der Waals surface area contributed by atoms with Crippen molar-refractivity contribution < 1.29 is 8.42 Å². The highest BCUT2D eigenvalue weighted by atomic mass is 32.2. The van der Waals surface area contributed by atoms with E-state index in [1.54, 1.807) is 4.31 Å². The average Bonchev–Trinajstić information content (AvgIpc) is 2.62. The van der Waals surface area contributed by atoms with Crippen LogP contribution < -0.4 is 4.31 Å². The number of nitrogens with zero attached hydrogens (tertiary/aromatic N) is 2. The van der Waals surface area contributed by atoms with Crippen molar-refractivity contribution >= 4 is 15.7 Å². The first-order chi connectivity index (χ1) is 8.88. The number of hydrogen-bond acceptors (Lipinski definition) is 3. The predicted octanol–water partition coefficient (Wildman–Crippen LogP) is 1.56. The van der Waals surface area contributed by atoms with Gasteiger partial charge in [-0.3, -0.25) is 4.31 Å². The van der Waals surface area contributed by atoms with Gasteiger partial charge in [-0.15, -0.1) is 0 Å². The van der Waals surface area contributed by atoms with Crippen LogP contribution in [0.25, 0.3) is 0 Å². The molecule has 0 unspecified atom stereocenters. The fourth-order valence-corrected chi connectivity index (χ4v) is 4.73. The van der Waals surface area contributed by atoms with Crippen LogP contribution in [-0.4, -0.2) is 45.8 Å². The van der Waals surface area contributed by atoms with Crippen molar-refractivity contribution in [3.8, 4) is 0 Å². The van der Waals surface area contributed by atoms with E-state index in [0.717, 1.165) is 25.2 Å². The van der Waals surface area contributed by atoms with Gasteiger partial charge in [-0.1, -0.05) is 17.7 Å². The summed E-state index contributed by atoms with van der Waals surface area (Å²) in [6.45, 7) is 3.96. The lowest BCUT2D eigenvalue weighted by Crippen LogP contribution is -2.46. The molecule has 0 N–H and O–H groups in total. The minimum atomic E-state index is -3.20. The summed E-state index contributed by atoms with van der Waals surface area (Å²) in [5, 5.41) is 0. The zero-order valence-corrected chi connectivity index (χ0v) is 12.4. The van der Waals surface area contributed by atoms with Crippen LogP contribution in [0.2, 0.25) is 0 Å². The molecule has 1 saturated heterocycles. The molecule has 104 valence electrons. The molecule has 0 aliphatic carbocycles. The molecule has 4 nitrogen and oxygen atoms in total. The maximum absolute atomic E-state index is 12.1. The molecular weight excluding hydrogens is 260 g/mol. The van der Waals surface area contributed by atoms with E-state index in [0.29, 0.717) is 5.92 Å². The second-order valence-corrected chi connectivity index (χ2v) is 7.71. The van der Waals surface area contributed by atoms with Gasteiger partial charge in [0.2, 0.25) is 10.0 Å². The van der Waals surface area contributed by atoms with Crippen LogP contribution in [0.4, 0.5) is 5.69 Å². The largest absolute Gasteiger partial charge is 0.306 e. The summed E-state index contributed by atoms with van der Waals surface area (Å²) >= 11 is 0. The van der Waals surface area contributed by atoms with Crippen LogP contribution in [0.1, 0.15) is 23.5 Å². The first kappa shape index (κ1) is 12.9. The van der Waals surface area contributed by atoms with E-state index in [1.807, 2.05) is 12.1 Å². The number of aryl methyl sites for hydroxylation is 1. The standard InChI is InChI=1S/C14H20N2O2S/c1-10-4-5-13-11(8-10)12-9-15(2)7-6-14(12)16(13)19(3,17)18/h4-5,8,12,14H,6-7,9H2,1-3H3/t12-,14+/m0/s1. The average molecular weight is 280 g/mol. The van der Waals surface area contributed by atoms with Gasteiger partial charge in [0.25, 0.3) is 0 Å². The van der Waals surface area contributed by atoms with Crippen LogP contribution in [0.15, 0.2) is 18.2 Å². The van der Waals surface area contributed by atoms with Crippen molar-refractivity contribution in [2.24, 2.45) is 0 Å². The third-order valence-corrected chi connectivity index (χ3v) is 5.44. The Labute approximate surface area is 115 Å². The third kappa shape index (κ3) is 2.05. The molecule has 3 rings (SSSR count). The summed E-state index contributed by atoms with van der Waals surface area (Å²) in [7, 11) is -1.10. The molecule has 2 heterocycles. The minimum absolute atomic E-state index is 0.1000. The third-order valence-electron chi connectivity index (χ3n) is 4.26. The molecule has 0 saturated carbocycles. The van der Waals surface area contributed by atoms with Crippen molar-refractivity contribution in [2.45, 2.75) is 25.3 Å². The van der Waals surface area contributed by atoms with E-state index in [-0.39, 0.29) is 6.04 Å². The Morgan fingerprint density at radius 3 is 2.74 bits per heavy atom. The Morgan fingerprint density at radius 1 is 1.32 bits per heavy atom. The number of benzene rings is 1. The summed E-state index contributed by atoms with van der Waals surface area (Å²) in [6.07, 6.45) is 2.22. The number of hydrogen-bond donors (Lipinski definition) is 0. The van der Waals surface area contributed by atoms with Crippen molar-refractivity contribution in [1.29, 1.82) is 0 Å². The first-order valence-corrected chi connectivity index (χ1v) is 8.51. The zero-order chi connectivity index (χ0) is 13.8. The zero-order valence-electron chi connectivity index (χ0n) is 11.6. The highest BCUT2D eigenvalue weighted by Gasteiger charge is 2.44. The Kier molecular flexibility index (Phi) is 2.87. The van der Waals surface area contributed by atoms with E-state index in [9.17, 15) is 8.42 Å². The first-order valence-electron chi connectivity index (χ1n) is 6.66.